The van der Waals surface area contributed by atoms with Crippen molar-refractivity contribution in [3.05, 3.63) is 47.7 Å². The molecular formula is C22H29N7O2. The molecule has 5 N–H and O–H groups in total. The second kappa shape index (κ2) is 9.46. The number of piperazine rings is 1. The van der Waals surface area contributed by atoms with E-state index in [-0.39, 0.29) is 11.8 Å². The number of nitrogens with two attached hydrogens (primary N) is 1. The van der Waals surface area contributed by atoms with Gasteiger partial charge in [-0.3, -0.25) is 5.41 Å². The van der Waals surface area contributed by atoms with Crippen LogP contribution in [-0.2, 0) is 0 Å². The lowest BCUT2D eigenvalue weighted by molar-refractivity contribution is 0.242. The van der Waals surface area contributed by atoms with E-state index < -0.39 is 0 Å². The number of benzene rings is 1. The minimum absolute atomic E-state index is 0.0321. The number of nitrogens with one attached hydrogen (secondary N) is 2. The molecule has 9 heteroatoms. The third kappa shape index (κ3) is 5.11. The summed E-state index contributed by atoms with van der Waals surface area (Å²) in [7, 11) is 0. The smallest absolute Gasteiger partial charge is 0.188 e. The van der Waals surface area contributed by atoms with E-state index in [4.69, 9.17) is 26.5 Å². The van der Waals surface area contributed by atoms with Gasteiger partial charge in [0.1, 0.15) is 11.6 Å². The van der Waals surface area contributed by atoms with E-state index in [1.165, 1.54) is 0 Å². The first-order valence-electron chi connectivity index (χ1n) is 10.2. The van der Waals surface area contributed by atoms with Gasteiger partial charge in [0.2, 0.25) is 0 Å². The fourth-order valence-corrected chi connectivity index (χ4v) is 3.52. The van der Waals surface area contributed by atoms with Crippen LogP contribution in [0.3, 0.4) is 0 Å². The van der Waals surface area contributed by atoms with Gasteiger partial charge in [-0.1, -0.05) is 5.16 Å². The van der Waals surface area contributed by atoms with Crippen molar-refractivity contribution in [1.82, 2.24) is 9.88 Å². The third-order valence-corrected chi connectivity index (χ3v) is 5.03. The van der Waals surface area contributed by atoms with Gasteiger partial charge in [-0.2, -0.15) is 0 Å². The number of rotatable bonds is 6. The maximum atomic E-state index is 9.16. The number of amidine groups is 1. The first-order valence-corrected chi connectivity index (χ1v) is 10.2. The topological polar surface area (TPSA) is 135 Å². The van der Waals surface area contributed by atoms with Crippen LogP contribution >= 0.6 is 0 Å². The minimum Gasteiger partial charge on any atom is -0.491 e. The van der Waals surface area contributed by atoms with Gasteiger partial charge in [0.05, 0.1) is 17.5 Å². The van der Waals surface area contributed by atoms with Gasteiger partial charge in [0.25, 0.3) is 0 Å². The van der Waals surface area contributed by atoms with Crippen LogP contribution in [0.4, 0.5) is 11.5 Å². The van der Waals surface area contributed by atoms with E-state index >= 15 is 0 Å². The molecule has 0 radical (unpaired) electrons. The molecule has 2 heterocycles. The first kappa shape index (κ1) is 22.1. The molecule has 0 saturated carbocycles. The Bertz CT molecular complexity index is 995. The Morgan fingerprint density at radius 1 is 1.16 bits per heavy atom. The molecule has 1 fully saturated rings. The van der Waals surface area contributed by atoms with E-state index in [1.54, 1.807) is 31.3 Å². The van der Waals surface area contributed by atoms with Crippen molar-refractivity contribution in [3.63, 3.8) is 0 Å². The molecule has 164 valence electrons. The van der Waals surface area contributed by atoms with Gasteiger partial charge in [-0.05, 0) is 51.1 Å². The average Bonchev–Trinajstić information content (AvgIpc) is 2.75. The molecule has 0 unspecified atom stereocenters. The van der Waals surface area contributed by atoms with Crippen molar-refractivity contribution in [2.75, 3.05) is 36.8 Å². The SMILES string of the molecule is CC(=N)/C(=N\O)N1CCN(c2cc(C(=N)c3cc(OC(C)C)ccc3N)ccn2)CC1. The van der Waals surface area contributed by atoms with Gasteiger partial charge in [0, 0.05) is 49.2 Å². The lowest BCUT2D eigenvalue weighted by atomic mass is 10.0. The summed E-state index contributed by atoms with van der Waals surface area (Å²) in [4.78, 5) is 8.47. The largest absolute Gasteiger partial charge is 0.491 e. The van der Waals surface area contributed by atoms with E-state index in [1.807, 2.05) is 30.9 Å². The summed E-state index contributed by atoms with van der Waals surface area (Å²) in [6, 6.07) is 9.05. The molecular weight excluding hydrogens is 394 g/mol. The molecule has 1 saturated heterocycles. The summed E-state index contributed by atoms with van der Waals surface area (Å²) in [5.74, 6) is 1.74. The number of oxime groups is 1. The first-order chi connectivity index (χ1) is 14.8. The third-order valence-electron chi connectivity index (χ3n) is 5.03. The molecule has 0 atom stereocenters. The molecule has 0 spiro atoms. The summed E-state index contributed by atoms with van der Waals surface area (Å²) in [6.07, 6.45) is 1.73. The summed E-state index contributed by atoms with van der Waals surface area (Å²) in [6.45, 7) is 8.06. The Morgan fingerprint density at radius 3 is 2.48 bits per heavy atom. The van der Waals surface area contributed by atoms with Crippen molar-refractivity contribution in [1.29, 1.82) is 10.8 Å². The fraction of sp³-hybridized carbons (Fsp3) is 0.364. The lowest BCUT2D eigenvalue weighted by Crippen LogP contribution is -2.50. The molecule has 1 aromatic carbocycles. The molecule has 0 aliphatic carbocycles. The van der Waals surface area contributed by atoms with Crippen LogP contribution in [0.15, 0.2) is 41.7 Å². The number of ether oxygens (including phenoxy) is 1. The Morgan fingerprint density at radius 2 is 1.87 bits per heavy atom. The van der Waals surface area contributed by atoms with Crippen molar-refractivity contribution < 1.29 is 9.94 Å². The highest BCUT2D eigenvalue weighted by Gasteiger charge is 2.22. The van der Waals surface area contributed by atoms with Crippen LogP contribution in [-0.4, -0.2) is 64.6 Å². The zero-order valence-corrected chi connectivity index (χ0v) is 18.1. The molecule has 1 aromatic heterocycles. The quantitative estimate of drug-likeness (QED) is 0.185. The summed E-state index contributed by atoms with van der Waals surface area (Å²) >= 11 is 0. The molecule has 31 heavy (non-hydrogen) atoms. The molecule has 9 nitrogen and oxygen atoms in total. The van der Waals surface area contributed by atoms with E-state index in [0.717, 1.165) is 5.82 Å². The minimum atomic E-state index is 0.0321. The fourth-order valence-electron chi connectivity index (χ4n) is 3.52. The maximum absolute atomic E-state index is 9.16. The highest BCUT2D eigenvalue weighted by molar-refractivity contribution is 6.39. The van der Waals surface area contributed by atoms with Crippen molar-refractivity contribution >= 4 is 28.8 Å². The van der Waals surface area contributed by atoms with Crippen molar-refractivity contribution in [2.24, 2.45) is 5.16 Å². The highest BCUT2D eigenvalue weighted by Crippen LogP contribution is 2.25. The van der Waals surface area contributed by atoms with Crippen molar-refractivity contribution in [3.8, 4) is 5.75 Å². The zero-order valence-electron chi connectivity index (χ0n) is 18.1. The van der Waals surface area contributed by atoms with E-state index in [9.17, 15) is 0 Å². The van der Waals surface area contributed by atoms with Crippen LogP contribution in [0.1, 0.15) is 31.9 Å². The van der Waals surface area contributed by atoms with Crippen LogP contribution in [0, 0.1) is 10.8 Å². The molecule has 0 amide bonds. The standard InChI is InChI=1S/C22H29N7O2/c1-14(2)31-17-4-5-19(24)18(13-17)21(25)16-6-7-26-20(12-16)28-8-10-29(11-9-28)22(27-30)15(3)23/h4-7,12-14,23,25,30H,8-11,24H2,1-3H3/b23-15?,25-21?,27-22+. The van der Waals surface area contributed by atoms with Gasteiger partial charge < -0.3 is 30.9 Å². The molecule has 1 aliphatic heterocycles. The summed E-state index contributed by atoms with van der Waals surface area (Å²) < 4.78 is 5.75. The van der Waals surface area contributed by atoms with Crippen molar-refractivity contribution in [2.45, 2.75) is 26.9 Å². The number of hydrogen-bond acceptors (Lipinski definition) is 8. The second-order valence-electron chi connectivity index (χ2n) is 7.72. The molecule has 2 aromatic rings. The summed E-state index contributed by atoms with van der Waals surface area (Å²) in [5.41, 5.74) is 8.53. The monoisotopic (exact) mass is 423 g/mol. The van der Waals surface area contributed by atoms with Crippen LogP contribution in [0.25, 0.3) is 0 Å². The number of pyridine rings is 1. The second-order valence-corrected chi connectivity index (χ2v) is 7.72. The van der Waals surface area contributed by atoms with E-state index in [2.05, 4.69) is 15.0 Å². The highest BCUT2D eigenvalue weighted by atomic mass is 16.5. The Balaban J connectivity index is 1.77. The Kier molecular flexibility index (Phi) is 6.74. The molecule has 3 rings (SSSR count). The molecule has 0 bridgehead atoms. The van der Waals surface area contributed by atoms with E-state index in [0.29, 0.717) is 60.3 Å². The van der Waals surface area contributed by atoms with Crippen LogP contribution in [0.2, 0.25) is 0 Å². The summed E-state index contributed by atoms with van der Waals surface area (Å²) in [5, 5.41) is 28.8. The van der Waals surface area contributed by atoms with Gasteiger partial charge in [0.15, 0.2) is 5.84 Å². The van der Waals surface area contributed by atoms with Crippen LogP contribution < -0.4 is 15.4 Å². The van der Waals surface area contributed by atoms with Gasteiger partial charge >= 0.3 is 0 Å². The number of nitrogens with zero attached hydrogens (tertiary/aromatic N) is 4. The lowest BCUT2D eigenvalue weighted by Gasteiger charge is -2.36. The zero-order chi connectivity index (χ0) is 22.5. The van der Waals surface area contributed by atoms with Gasteiger partial charge in [-0.25, -0.2) is 4.98 Å². The van der Waals surface area contributed by atoms with Crippen LogP contribution in [0.5, 0.6) is 5.75 Å². The molecule has 1 aliphatic rings. The number of nitrogen functional groups attached to an aromatic ring is 1. The normalized spacial score (nSPS) is 14.6. The predicted octanol–water partition coefficient (Wildman–Crippen LogP) is 2.82. The average molecular weight is 424 g/mol. The Labute approximate surface area is 182 Å². The number of anilines is 2. The Hall–Kier alpha value is -3.62. The maximum Gasteiger partial charge on any atom is 0.188 e. The van der Waals surface area contributed by atoms with Gasteiger partial charge in [-0.15, -0.1) is 0 Å². The number of hydrogen-bond donors (Lipinski definition) is 4. The predicted molar refractivity (Wildman–Crippen MR) is 123 cm³/mol. The number of aromatic nitrogens is 1.